The Hall–Kier alpha value is -7.39. The van der Waals surface area contributed by atoms with E-state index in [2.05, 4.69) is 249 Å². The second-order valence-electron chi connectivity index (χ2n) is 18.7. The maximum Gasteiger partial charge on any atom is 0.0735 e. The molecule has 0 radical (unpaired) electrons. The number of hydrogen-bond acceptors (Lipinski definition) is 2. The number of rotatable bonds is 5. The van der Waals surface area contributed by atoms with Crippen molar-refractivity contribution in [2.75, 3.05) is 4.90 Å². The van der Waals surface area contributed by atoms with Gasteiger partial charge in [0.1, 0.15) is 0 Å². The Kier molecular flexibility index (Phi) is 8.92. The van der Waals surface area contributed by atoms with Crippen molar-refractivity contribution in [2.45, 2.75) is 46.8 Å². The van der Waals surface area contributed by atoms with Gasteiger partial charge >= 0.3 is 0 Å². The van der Waals surface area contributed by atoms with Crippen LogP contribution in [0.1, 0.15) is 65.1 Å². The summed E-state index contributed by atoms with van der Waals surface area (Å²) in [6, 6.07) is 79.8. The van der Waals surface area contributed by atoms with Crippen LogP contribution in [-0.2, 0) is 10.8 Å². The third-order valence-electron chi connectivity index (χ3n) is 14.9. The van der Waals surface area contributed by atoms with Gasteiger partial charge in [-0.2, -0.15) is 0 Å². The highest BCUT2D eigenvalue weighted by atomic mass is 32.2. The second kappa shape index (κ2) is 15.1. The molecule has 13 rings (SSSR count). The molecule has 0 N–H and O–H groups in total. The molecule has 1 spiro atoms. The largest absolute Gasteiger partial charge is 0.311 e. The minimum Gasteiger partial charge on any atom is -0.311 e. The van der Waals surface area contributed by atoms with Crippen LogP contribution in [0.25, 0.3) is 44.5 Å². The minimum absolute atomic E-state index is 0.103. The van der Waals surface area contributed by atoms with Gasteiger partial charge < -0.3 is 4.90 Å². The predicted octanol–water partition coefficient (Wildman–Crippen LogP) is 16.9. The molecule has 314 valence electrons. The summed E-state index contributed by atoms with van der Waals surface area (Å²) in [5.41, 5.74) is 22.6. The lowest BCUT2D eigenvalue weighted by Gasteiger charge is -2.43. The first-order valence-electron chi connectivity index (χ1n) is 23.3. The maximum absolute atomic E-state index is 2.47. The number of allylic oxidation sites excluding steroid dienone is 3. The van der Waals surface area contributed by atoms with Crippen molar-refractivity contribution in [3.05, 3.63) is 275 Å². The lowest BCUT2D eigenvalue weighted by molar-refractivity contribution is 0.660. The summed E-state index contributed by atoms with van der Waals surface area (Å²) in [5.74, 6) is 0.351. The Labute approximate surface area is 392 Å². The van der Waals surface area contributed by atoms with E-state index in [1.54, 1.807) is 0 Å². The van der Waals surface area contributed by atoms with E-state index in [1.807, 2.05) is 11.8 Å². The summed E-state index contributed by atoms with van der Waals surface area (Å²) in [7, 11) is 0. The summed E-state index contributed by atoms with van der Waals surface area (Å²) in [5, 5.41) is 0. The fraction of sp³-hybridized carbons (Fsp3) is 0.0938. The number of benzene rings is 9. The number of hydrogen-bond donors (Lipinski definition) is 0. The fourth-order valence-electron chi connectivity index (χ4n) is 11.8. The van der Waals surface area contributed by atoms with E-state index in [4.69, 9.17) is 0 Å². The predicted molar refractivity (Wildman–Crippen MR) is 276 cm³/mol. The van der Waals surface area contributed by atoms with Crippen LogP contribution in [0.15, 0.2) is 246 Å². The molecule has 3 aliphatic carbocycles. The molecule has 9 aromatic rings. The highest BCUT2D eigenvalue weighted by Gasteiger charge is 2.48. The van der Waals surface area contributed by atoms with E-state index in [0.717, 1.165) is 12.1 Å². The molecule has 0 amide bonds. The van der Waals surface area contributed by atoms with Gasteiger partial charge in [0.05, 0.1) is 5.41 Å². The lowest BCUT2D eigenvalue weighted by Crippen LogP contribution is -2.34. The molecule has 9 aromatic carbocycles. The molecular formula is C64H47NS. The van der Waals surface area contributed by atoms with Crippen LogP contribution in [0, 0.1) is 0 Å². The van der Waals surface area contributed by atoms with Crippen LogP contribution in [0.4, 0.5) is 11.4 Å². The maximum atomic E-state index is 2.47. The van der Waals surface area contributed by atoms with Crippen LogP contribution < -0.4 is 4.90 Å². The monoisotopic (exact) mass is 861 g/mol. The first kappa shape index (κ1) is 39.0. The molecule has 0 bridgehead atoms. The van der Waals surface area contributed by atoms with Crippen molar-refractivity contribution in [3.63, 3.8) is 0 Å². The van der Waals surface area contributed by atoms with Crippen LogP contribution >= 0.6 is 11.8 Å². The molecule has 66 heavy (non-hydrogen) atoms. The zero-order valence-corrected chi connectivity index (χ0v) is 37.9. The molecule has 1 aliphatic heterocycles. The normalized spacial score (nSPS) is 16.3. The molecular weight excluding hydrogens is 815 g/mol. The van der Waals surface area contributed by atoms with Crippen molar-refractivity contribution in [1.82, 2.24) is 0 Å². The van der Waals surface area contributed by atoms with E-state index in [9.17, 15) is 0 Å². The van der Waals surface area contributed by atoms with Crippen LogP contribution in [0.2, 0.25) is 0 Å². The van der Waals surface area contributed by atoms with Crippen LogP contribution in [0.5, 0.6) is 0 Å². The molecule has 2 heteroatoms. The SMILES string of the molecule is CC1(C)c2ccccc2-c2ccc(N(C3=CCC(c4ccccc4)C=C3)c3ccc(-c4cccc5c4Sc4ccccc4C54c5ccccc5-c5ccccc5-c5ccccc54)cc3)cc21. The molecule has 0 aromatic heterocycles. The lowest BCUT2D eigenvalue weighted by atomic mass is 9.63. The smallest absolute Gasteiger partial charge is 0.0735 e. The quantitative estimate of drug-likeness (QED) is 0.170. The highest BCUT2D eigenvalue weighted by molar-refractivity contribution is 7.99. The summed E-state index contributed by atoms with van der Waals surface area (Å²) >= 11 is 1.92. The summed E-state index contributed by atoms with van der Waals surface area (Å²) in [6.07, 6.45) is 8.10. The van der Waals surface area contributed by atoms with Gasteiger partial charge in [-0.05, 0) is 126 Å². The first-order chi connectivity index (χ1) is 32.5. The molecule has 1 atom stereocenters. The highest BCUT2D eigenvalue weighted by Crippen LogP contribution is 2.62. The molecule has 0 saturated heterocycles. The van der Waals surface area contributed by atoms with E-state index in [0.29, 0.717) is 5.92 Å². The van der Waals surface area contributed by atoms with Gasteiger partial charge in [-0.1, -0.05) is 220 Å². The third-order valence-corrected chi connectivity index (χ3v) is 16.1. The number of fused-ring (bicyclic) bond motifs is 14. The average molecular weight is 862 g/mol. The van der Waals surface area contributed by atoms with Crippen molar-refractivity contribution >= 4 is 23.1 Å². The van der Waals surface area contributed by atoms with Gasteiger partial charge in [-0.3, -0.25) is 0 Å². The zero-order chi connectivity index (χ0) is 44.0. The summed E-state index contributed by atoms with van der Waals surface area (Å²) in [6.45, 7) is 4.74. The number of anilines is 2. The second-order valence-corrected chi connectivity index (χ2v) is 19.7. The van der Waals surface area contributed by atoms with Crippen molar-refractivity contribution in [1.29, 1.82) is 0 Å². The zero-order valence-electron chi connectivity index (χ0n) is 37.1. The van der Waals surface area contributed by atoms with Gasteiger partial charge in [0.25, 0.3) is 0 Å². The Morgan fingerprint density at radius 1 is 0.439 bits per heavy atom. The van der Waals surface area contributed by atoms with Crippen molar-refractivity contribution in [3.8, 4) is 44.5 Å². The van der Waals surface area contributed by atoms with E-state index >= 15 is 0 Å². The molecule has 1 unspecified atom stereocenters. The molecule has 0 saturated carbocycles. The molecule has 1 nitrogen and oxygen atoms in total. The van der Waals surface area contributed by atoms with Gasteiger partial charge in [-0.25, -0.2) is 0 Å². The van der Waals surface area contributed by atoms with Crippen molar-refractivity contribution in [2.24, 2.45) is 0 Å². The number of nitrogens with zero attached hydrogens (tertiary/aromatic N) is 1. The van der Waals surface area contributed by atoms with Gasteiger partial charge in [0.2, 0.25) is 0 Å². The fourth-order valence-corrected chi connectivity index (χ4v) is 13.2. The summed E-state index contributed by atoms with van der Waals surface area (Å²) in [4.78, 5) is 5.07. The van der Waals surface area contributed by atoms with Crippen LogP contribution in [0.3, 0.4) is 0 Å². The van der Waals surface area contributed by atoms with E-state index in [1.165, 1.54) is 105 Å². The van der Waals surface area contributed by atoms with E-state index < -0.39 is 5.41 Å². The van der Waals surface area contributed by atoms with Gasteiger partial charge in [0.15, 0.2) is 0 Å². The Balaban J connectivity index is 0.964. The van der Waals surface area contributed by atoms with E-state index in [-0.39, 0.29) is 5.41 Å². The topological polar surface area (TPSA) is 3.24 Å². The first-order valence-corrected chi connectivity index (χ1v) is 24.1. The van der Waals surface area contributed by atoms with Gasteiger partial charge in [0, 0.05) is 38.2 Å². The summed E-state index contributed by atoms with van der Waals surface area (Å²) < 4.78 is 0. The Morgan fingerprint density at radius 3 is 1.64 bits per heavy atom. The third kappa shape index (κ3) is 5.74. The Morgan fingerprint density at radius 2 is 0.970 bits per heavy atom. The Bertz CT molecular complexity index is 3400. The average Bonchev–Trinajstić information content (AvgIpc) is 3.54. The standard InChI is InChI=1S/C64H47NS/c1-63(2)55-25-11-8-23-53(55)54-40-39-47(41-60(54)63)65(45-35-31-43(32-36-45)42-17-4-3-5-18-42)46-37-33-44(34-38-46)48-24-16-29-59-62(48)66-61-30-15-14-28-58(61)64(59)56-26-12-9-21-51(56)49-19-6-7-20-50(49)52-22-10-13-27-57(52)64/h3-31,33-41,43H,32H2,1-2H3. The van der Waals surface area contributed by atoms with Gasteiger partial charge in [-0.15, -0.1) is 0 Å². The molecule has 4 aliphatic rings. The van der Waals surface area contributed by atoms with Crippen LogP contribution in [-0.4, -0.2) is 0 Å². The molecule has 1 heterocycles. The molecule has 0 fully saturated rings. The van der Waals surface area contributed by atoms with Crippen molar-refractivity contribution < 1.29 is 0 Å². The minimum atomic E-state index is -0.547.